The van der Waals surface area contributed by atoms with E-state index in [0.29, 0.717) is 6.42 Å². The van der Waals surface area contributed by atoms with Gasteiger partial charge in [-0.05, 0) is 64.2 Å². The largest absolute Gasteiger partial charge is 0.394 e. The zero-order chi connectivity index (χ0) is 31.6. The number of nitrogens with one attached hydrogen (secondary N) is 1. The van der Waals surface area contributed by atoms with Crippen molar-refractivity contribution in [2.24, 2.45) is 0 Å². The van der Waals surface area contributed by atoms with Crippen LogP contribution >= 0.6 is 0 Å². The number of hydrogen-bond donors (Lipinski definition) is 4. The summed E-state index contributed by atoms with van der Waals surface area (Å²) in [5.41, 5.74) is 0. The second kappa shape index (κ2) is 33.0. The Morgan fingerprint density at radius 1 is 0.581 bits per heavy atom. The average molecular weight is 602 g/mol. The van der Waals surface area contributed by atoms with Crippen LogP contribution in [0.15, 0.2) is 60.8 Å². The topological polar surface area (TPSA) is 89.8 Å². The van der Waals surface area contributed by atoms with Gasteiger partial charge in [0.05, 0.1) is 18.8 Å². The molecule has 0 saturated heterocycles. The molecule has 0 radical (unpaired) electrons. The Hall–Kier alpha value is -1.95. The summed E-state index contributed by atoms with van der Waals surface area (Å²) in [6, 6.07) is -0.822. The van der Waals surface area contributed by atoms with E-state index in [1.807, 2.05) is 6.08 Å². The van der Waals surface area contributed by atoms with E-state index < -0.39 is 24.2 Å². The summed E-state index contributed by atoms with van der Waals surface area (Å²) in [5.74, 6) is -0.528. The first-order chi connectivity index (χ1) is 21.1. The fourth-order valence-electron chi connectivity index (χ4n) is 4.74. The van der Waals surface area contributed by atoms with E-state index in [2.05, 4.69) is 67.8 Å². The molecule has 0 aliphatic heterocycles. The molecule has 5 heteroatoms. The van der Waals surface area contributed by atoms with Crippen molar-refractivity contribution in [2.45, 2.75) is 167 Å². The molecule has 0 aliphatic rings. The maximum absolute atomic E-state index is 12.4. The SMILES string of the molecule is CCC/C=C/CC/C=C/CC/C=C/C(O)C(CO)NC(=O)C(O)CCCCCCCCCCC/C=C\C=C/CCCCC. The maximum atomic E-state index is 12.4. The number of unbranched alkanes of at least 4 members (excludes halogenated alkanes) is 15. The summed E-state index contributed by atoms with van der Waals surface area (Å²) in [6.45, 7) is 4.03. The minimum absolute atomic E-state index is 0.386. The van der Waals surface area contributed by atoms with Crippen LogP contribution in [0, 0.1) is 0 Å². The first kappa shape index (κ1) is 41.0. The number of aliphatic hydroxyl groups excluding tert-OH is 3. The smallest absolute Gasteiger partial charge is 0.249 e. The number of hydrogen-bond acceptors (Lipinski definition) is 4. The zero-order valence-corrected chi connectivity index (χ0v) is 27.8. The molecular weight excluding hydrogens is 534 g/mol. The minimum atomic E-state index is -1.11. The van der Waals surface area contributed by atoms with Crippen LogP contribution in [0.25, 0.3) is 0 Å². The van der Waals surface area contributed by atoms with E-state index in [1.165, 1.54) is 77.0 Å². The molecule has 0 aromatic heterocycles. The molecule has 4 N–H and O–H groups in total. The molecule has 0 aromatic rings. The first-order valence-corrected chi connectivity index (χ1v) is 17.6. The number of aliphatic hydroxyl groups is 3. The Balaban J connectivity index is 3.81. The third-order valence-electron chi connectivity index (χ3n) is 7.57. The van der Waals surface area contributed by atoms with Gasteiger partial charge in [0.2, 0.25) is 5.91 Å². The molecule has 43 heavy (non-hydrogen) atoms. The van der Waals surface area contributed by atoms with Crippen molar-refractivity contribution in [2.75, 3.05) is 6.61 Å². The lowest BCUT2D eigenvalue weighted by Crippen LogP contribution is -2.48. The standard InChI is InChI=1S/C38H67NO4/c1-3-5-7-9-11-13-15-16-17-18-19-20-21-23-25-27-29-31-33-37(42)38(43)39-35(34-40)36(41)32-30-28-26-24-22-14-12-10-8-6-4-2/h8,10-11,13,15-16,22,24,30,32,35-37,40-42H,3-7,9,12,14,17-21,23,25-29,31,33-34H2,1-2H3,(H,39,43)/b10-8+,13-11-,16-15-,24-22+,32-30+. The first-order valence-electron chi connectivity index (χ1n) is 17.6. The Kier molecular flexibility index (Phi) is 31.5. The van der Waals surface area contributed by atoms with Gasteiger partial charge in [0.15, 0.2) is 0 Å². The summed E-state index contributed by atoms with van der Waals surface area (Å²) < 4.78 is 0. The molecule has 5 nitrogen and oxygen atoms in total. The fourth-order valence-corrected chi connectivity index (χ4v) is 4.74. The van der Waals surface area contributed by atoms with Crippen LogP contribution in [-0.2, 0) is 4.79 Å². The highest BCUT2D eigenvalue weighted by molar-refractivity contribution is 5.80. The Bertz CT molecular complexity index is 755. The third-order valence-corrected chi connectivity index (χ3v) is 7.57. The number of amides is 1. The predicted molar refractivity (Wildman–Crippen MR) is 185 cm³/mol. The maximum Gasteiger partial charge on any atom is 0.249 e. The van der Waals surface area contributed by atoms with Gasteiger partial charge in [0.1, 0.15) is 6.10 Å². The molecule has 0 fully saturated rings. The van der Waals surface area contributed by atoms with Gasteiger partial charge in [-0.1, -0.05) is 145 Å². The molecule has 0 aliphatic carbocycles. The molecule has 0 spiro atoms. The molecular formula is C38H67NO4. The van der Waals surface area contributed by atoms with E-state index in [0.717, 1.165) is 51.4 Å². The predicted octanol–water partition coefficient (Wildman–Crippen LogP) is 9.20. The normalized spacial score (nSPS) is 14.6. The lowest BCUT2D eigenvalue weighted by molar-refractivity contribution is -0.131. The molecule has 0 rings (SSSR count). The van der Waals surface area contributed by atoms with Crippen molar-refractivity contribution in [3.8, 4) is 0 Å². The number of rotatable bonds is 30. The van der Waals surface area contributed by atoms with E-state index >= 15 is 0 Å². The van der Waals surface area contributed by atoms with Gasteiger partial charge in [0, 0.05) is 0 Å². The third kappa shape index (κ3) is 28.6. The van der Waals surface area contributed by atoms with Gasteiger partial charge in [-0.2, -0.15) is 0 Å². The summed E-state index contributed by atoms with van der Waals surface area (Å²) in [4.78, 5) is 12.4. The van der Waals surface area contributed by atoms with Gasteiger partial charge in [-0.15, -0.1) is 0 Å². The Morgan fingerprint density at radius 3 is 1.60 bits per heavy atom. The van der Waals surface area contributed by atoms with Crippen LogP contribution in [-0.4, -0.2) is 46.1 Å². The zero-order valence-electron chi connectivity index (χ0n) is 27.8. The van der Waals surface area contributed by atoms with Gasteiger partial charge in [-0.25, -0.2) is 0 Å². The fraction of sp³-hybridized carbons (Fsp3) is 0.711. The lowest BCUT2D eigenvalue weighted by Gasteiger charge is -2.21. The minimum Gasteiger partial charge on any atom is -0.394 e. The van der Waals surface area contributed by atoms with Crippen molar-refractivity contribution in [3.63, 3.8) is 0 Å². The van der Waals surface area contributed by atoms with Crippen molar-refractivity contribution in [1.82, 2.24) is 5.32 Å². The Morgan fingerprint density at radius 2 is 1.07 bits per heavy atom. The van der Waals surface area contributed by atoms with Crippen LogP contribution in [0.3, 0.4) is 0 Å². The highest BCUT2D eigenvalue weighted by atomic mass is 16.3. The summed E-state index contributed by atoms with van der Waals surface area (Å²) >= 11 is 0. The van der Waals surface area contributed by atoms with Crippen LogP contribution < -0.4 is 5.32 Å². The monoisotopic (exact) mass is 602 g/mol. The van der Waals surface area contributed by atoms with Crippen molar-refractivity contribution >= 4 is 5.91 Å². The summed E-state index contributed by atoms with van der Waals surface area (Å²) in [5, 5.41) is 32.8. The van der Waals surface area contributed by atoms with E-state index in [1.54, 1.807) is 6.08 Å². The highest BCUT2D eigenvalue weighted by Crippen LogP contribution is 2.13. The average Bonchev–Trinajstić information content (AvgIpc) is 3.01. The molecule has 0 aromatic carbocycles. The molecule has 1 amide bonds. The van der Waals surface area contributed by atoms with Crippen LogP contribution in [0.4, 0.5) is 0 Å². The van der Waals surface area contributed by atoms with Crippen molar-refractivity contribution in [1.29, 1.82) is 0 Å². The molecule has 248 valence electrons. The van der Waals surface area contributed by atoms with Crippen molar-refractivity contribution in [3.05, 3.63) is 60.8 Å². The Labute approximate surface area is 265 Å². The van der Waals surface area contributed by atoms with E-state index in [4.69, 9.17) is 0 Å². The lowest BCUT2D eigenvalue weighted by atomic mass is 10.0. The summed E-state index contributed by atoms with van der Waals surface area (Å²) in [7, 11) is 0. The van der Waals surface area contributed by atoms with Crippen molar-refractivity contribution < 1.29 is 20.1 Å². The molecule has 0 saturated carbocycles. The molecule has 3 unspecified atom stereocenters. The molecule has 0 heterocycles. The molecule has 0 bridgehead atoms. The highest BCUT2D eigenvalue weighted by Gasteiger charge is 2.22. The second-order valence-corrected chi connectivity index (χ2v) is 11.7. The number of carbonyl (C=O) groups excluding carboxylic acids is 1. The van der Waals surface area contributed by atoms with E-state index in [-0.39, 0.29) is 6.61 Å². The van der Waals surface area contributed by atoms with Gasteiger partial charge in [-0.3, -0.25) is 4.79 Å². The quantitative estimate of drug-likeness (QED) is 0.0375. The van der Waals surface area contributed by atoms with E-state index in [9.17, 15) is 20.1 Å². The van der Waals surface area contributed by atoms with Crippen LogP contribution in [0.1, 0.15) is 149 Å². The van der Waals surface area contributed by atoms with Crippen LogP contribution in [0.5, 0.6) is 0 Å². The second-order valence-electron chi connectivity index (χ2n) is 11.7. The molecule has 3 atom stereocenters. The number of allylic oxidation sites excluding steroid dienone is 9. The van der Waals surface area contributed by atoms with Crippen LogP contribution in [0.2, 0.25) is 0 Å². The van der Waals surface area contributed by atoms with Gasteiger partial charge in [0.25, 0.3) is 0 Å². The number of carbonyl (C=O) groups is 1. The van der Waals surface area contributed by atoms with Gasteiger partial charge < -0.3 is 20.6 Å². The summed E-state index contributed by atoms with van der Waals surface area (Å²) in [6.07, 6.45) is 42.3. The van der Waals surface area contributed by atoms with Gasteiger partial charge >= 0.3 is 0 Å².